The van der Waals surface area contributed by atoms with Crippen molar-refractivity contribution in [3.8, 4) is 0 Å². The summed E-state index contributed by atoms with van der Waals surface area (Å²) in [5, 5.41) is 0. The van der Waals surface area contributed by atoms with E-state index in [1.807, 2.05) is 0 Å². The monoisotopic (exact) mass is 352 g/mol. The van der Waals surface area contributed by atoms with Gasteiger partial charge in [-0.15, -0.1) is 0 Å². The molecule has 0 fully saturated rings. The summed E-state index contributed by atoms with van der Waals surface area (Å²) in [6.07, 6.45) is 27.3. The van der Waals surface area contributed by atoms with E-state index in [-0.39, 0.29) is 0 Å². The van der Waals surface area contributed by atoms with E-state index in [9.17, 15) is 0 Å². The van der Waals surface area contributed by atoms with Gasteiger partial charge in [0.1, 0.15) is 0 Å². The van der Waals surface area contributed by atoms with Crippen LogP contribution in [-0.4, -0.2) is 31.7 Å². The molecule has 0 aromatic heterocycles. The second kappa shape index (κ2) is 18.5. The van der Waals surface area contributed by atoms with E-state index in [0.717, 1.165) is 0 Å². The first-order chi connectivity index (χ1) is 12.1. The second-order valence-electron chi connectivity index (χ2n) is 8.67. The Labute approximate surface area is 160 Å². The lowest BCUT2D eigenvalue weighted by atomic mass is 10.1. The summed E-state index contributed by atoms with van der Waals surface area (Å²) in [6, 6.07) is 0. The lowest BCUT2D eigenvalue weighted by Gasteiger charge is -2.29. The number of quaternary nitrogens is 1. The van der Waals surface area contributed by atoms with E-state index < -0.39 is 0 Å². The highest BCUT2D eigenvalue weighted by atomic mass is 15.3. The molecule has 0 atom stereocenters. The first-order valence-corrected chi connectivity index (χ1v) is 11.6. The van der Waals surface area contributed by atoms with Crippen molar-refractivity contribution in [3.05, 3.63) is 12.2 Å². The van der Waals surface area contributed by atoms with Gasteiger partial charge in [0.15, 0.2) is 0 Å². The van der Waals surface area contributed by atoms with Crippen LogP contribution in [0.2, 0.25) is 0 Å². The van der Waals surface area contributed by atoms with Crippen LogP contribution in [0, 0.1) is 0 Å². The molecule has 150 valence electrons. The molecule has 0 amide bonds. The first-order valence-electron chi connectivity index (χ1n) is 11.6. The SMILES string of the molecule is CCCCCCCC/C=C\CCCCCCCCC[N+](C)(C)CCC. The number of nitrogens with zero attached hydrogens (tertiary/aromatic N) is 1. The Hall–Kier alpha value is -0.300. The molecule has 0 heterocycles. The summed E-state index contributed by atoms with van der Waals surface area (Å²) in [5.74, 6) is 0. The van der Waals surface area contributed by atoms with Gasteiger partial charge in [0, 0.05) is 0 Å². The molecule has 0 aliphatic rings. The molecule has 0 aromatic carbocycles. The zero-order chi connectivity index (χ0) is 18.6. The van der Waals surface area contributed by atoms with E-state index in [4.69, 9.17) is 0 Å². The number of hydrogen-bond acceptors (Lipinski definition) is 0. The molecule has 0 radical (unpaired) electrons. The van der Waals surface area contributed by atoms with E-state index >= 15 is 0 Å². The van der Waals surface area contributed by atoms with Crippen molar-refractivity contribution < 1.29 is 4.48 Å². The summed E-state index contributed by atoms with van der Waals surface area (Å²) >= 11 is 0. The molecule has 25 heavy (non-hydrogen) atoms. The van der Waals surface area contributed by atoms with Gasteiger partial charge in [-0.2, -0.15) is 0 Å². The average Bonchev–Trinajstić information content (AvgIpc) is 2.57. The second-order valence-corrected chi connectivity index (χ2v) is 8.67. The number of hydrogen-bond donors (Lipinski definition) is 0. The Balaban J connectivity index is 3.19. The Morgan fingerprint density at radius 3 is 1.40 bits per heavy atom. The van der Waals surface area contributed by atoms with Gasteiger partial charge < -0.3 is 4.48 Å². The third-order valence-corrected chi connectivity index (χ3v) is 5.35. The smallest absolute Gasteiger partial charge is 0.0782 e. The van der Waals surface area contributed by atoms with Crippen LogP contribution in [-0.2, 0) is 0 Å². The Morgan fingerprint density at radius 2 is 0.920 bits per heavy atom. The molecular weight excluding hydrogens is 302 g/mol. The molecule has 0 aliphatic heterocycles. The lowest BCUT2D eigenvalue weighted by molar-refractivity contribution is -0.890. The van der Waals surface area contributed by atoms with Crippen molar-refractivity contribution in [2.45, 2.75) is 117 Å². The normalized spacial score (nSPS) is 12.3. The summed E-state index contributed by atoms with van der Waals surface area (Å²) in [6.45, 7) is 7.27. The molecule has 0 aliphatic carbocycles. The van der Waals surface area contributed by atoms with Crippen LogP contribution in [0.5, 0.6) is 0 Å². The van der Waals surface area contributed by atoms with E-state index in [0.29, 0.717) is 0 Å². The fourth-order valence-electron chi connectivity index (χ4n) is 3.68. The molecule has 0 bridgehead atoms. The van der Waals surface area contributed by atoms with Crippen LogP contribution >= 0.6 is 0 Å². The van der Waals surface area contributed by atoms with Crippen LogP contribution < -0.4 is 0 Å². The van der Waals surface area contributed by atoms with Crippen LogP contribution in [0.25, 0.3) is 0 Å². The lowest BCUT2D eigenvalue weighted by Crippen LogP contribution is -2.40. The third-order valence-electron chi connectivity index (χ3n) is 5.35. The standard InChI is InChI=1S/C24H50N/c1-5-7-8-9-10-11-12-13-14-15-16-17-18-19-20-21-22-24-25(3,4)23-6-2/h13-14H,5-12,15-24H2,1-4H3/q+1/b14-13-. The van der Waals surface area contributed by atoms with Crippen molar-refractivity contribution in [1.82, 2.24) is 0 Å². The van der Waals surface area contributed by atoms with Crippen molar-refractivity contribution in [1.29, 1.82) is 0 Å². The Kier molecular flexibility index (Phi) is 18.3. The summed E-state index contributed by atoms with van der Waals surface area (Å²) in [7, 11) is 4.76. The van der Waals surface area contributed by atoms with Gasteiger partial charge in [-0.3, -0.25) is 0 Å². The Bertz CT molecular complexity index is 280. The van der Waals surface area contributed by atoms with Gasteiger partial charge in [-0.25, -0.2) is 0 Å². The highest BCUT2D eigenvalue weighted by Gasteiger charge is 2.11. The molecule has 1 heteroatoms. The van der Waals surface area contributed by atoms with Crippen molar-refractivity contribution in [2.24, 2.45) is 0 Å². The van der Waals surface area contributed by atoms with Crippen LogP contribution in [0.4, 0.5) is 0 Å². The topological polar surface area (TPSA) is 0 Å². The van der Waals surface area contributed by atoms with Crippen molar-refractivity contribution in [2.75, 3.05) is 27.2 Å². The molecule has 0 N–H and O–H groups in total. The van der Waals surface area contributed by atoms with Crippen molar-refractivity contribution >= 4 is 0 Å². The van der Waals surface area contributed by atoms with E-state index in [2.05, 4.69) is 40.1 Å². The summed E-state index contributed by atoms with van der Waals surface area (Å²) in [5.41, 5.74) is 0. The third kappa shape index (κ3) is 19.9. The summed E-state index contributed by atoms with van der Waals surface area (Å²) < 4.78 is 1.21. The van der Waals surface area contributed by atoms with E-state index in [1.54, 1.807) is 0 Å². The van der Waals surface area contributed by atoms with Crippen molar-refractivity contribution in [3.63, 3.8) is 0 Å². The maximum absolute atomic E-state index is 2.43. The van der Waals surface area contributed by atoms with Gasteiger partial charge in [-0.05, 0) is 44.9 Å². The minimum absolute atomic E-state index is 1.21. The minimum Gasteiger partial charge on any atom is -0.328 e. The van der Waals surface area contributed by atoms with Gasteiger partial charge in [-0.1, -0.05) is 83.8 Å². The first kappa shape index (κ1) is 24.7. The Morgan fingerprint density at radius 1 is 0.480 bits per heavy atom. The van der Waals surface area contributed by atoms with Gasteiger partial charge >= 0.3 is 0 Å². The number of unbranched alkanes of at least 4 members (excludes halogenated alkanes) is 13. The quantitative estimate of drug-likeness (QED) is 0.126. The average molecular weight is 353 g/mol. The fourth-order valence-corrected chi connectivity index (χ4v) is 3.68. The molecule has 0 rings (SSSR count). The largest absolute Gasteiger partial charge is 0.328 e. The molecule has 0 aromatic rings. The molecule has 0 saturated heterocycles. The molecule has 0 saturated carbocycles. The molecule has 0 spiro atoms. The van der Waals surface area contributed by atoms with Crippen LogP contribution in [0.15, 0.2) is 12.2 Å². The number of allylic oxidation sites excluding steroid dienone is 2. The van der Waals surface area contributed by atoms with Gasteiger partial charge in [0.25, 0.3) is 0 Å². The fraction of sp³-hybridized carbons (Fsp3) is 0.917. The highest BCUT2D eigenvalue weighted by Crippen LogP contribution is 2.11. The maximum Gasteiger partial charge on any atom is 0.0782 e. The highest BCUT2D eigenvalue weighted by molar-refractivity contribution is 4.81. The van der Waals surface area contributed by atoms with Gasteiger partial charge in [0.2, 0.25) is 0 Å². The molecule has 1 nitrogen and oxygen atoms in total. The number of rotatable bonds is 19. The minimum atomic E-state index is 1.21. The summed E-state index contributed by atoms with van der Waals surface area (Å²) in [4.78, 5) is 0. The van der Waals surface area contributed by atoms with Crippen LogP contribution in [0.3, 0.4) is 0 Å². The predicted octanol–water partition coefficient (Wildman–Crippen LogP) is 7.90. The van der Waals surface area contributed by atoms with Gasteiger partial charge in [0.05, 0.1) is 27.2 Å². The zero-order valence-corrected chi connectivity index (χ0v) is 18.3. The van der Waals surface area contributed by atoms with Crippen LogP contribution in [0.1, 0.15) is 117 Å². The predicted molar refractivity (Wildman–Crippen MR) is 116 cm³/mol. The maximum atomic E-state index is 2.43. The molecule has 0 unspecified atom stereocenters. The molecular formula is C24H50N+. The van der Waals surface area contributed by atoms with E-state index in [1.165, 1.54) is 120 Å². The zero-order valence-electron chi connectivity index (χ0n) is 18.3.